The monoisotopic (exact) mass is 401 g/mol. The van der Waals surface area contributed by atoms with Crippen molar-refractivity contribution in [1.29, 1.82) is 0 Å². The molecule has 4 aromatic rings. The lowest BCUT2D eigenvalue weighted by atomic mass is 10.2. The van der Waals surface area contributed by atoms with Crippen LogP contribution in [0.15, 0.2) is 79.1 Å². The van der Waals surface area contributed by atoms with Crippen molar-refractivity contribution in [2.24, 2.45) is 0 Å². The minimum Gasteiger partial charge on any atom is -0.492 e. The number of carbonyl (C=O) groups excluding carboxylic acids is 1. The number of rotatable bonds is 8. The Morgan fingerprint density at radius 1 is 1.00 bits per heavy atom. The van der Waals surface area contributed by atoms with Crippen LogP contribution in [0.3, 0.4) is 0 Å². The molecule has 30 heavy (non-hydrogen) atoms. The maximum atomic E-state index is 12.4. The molecule has 2 heterocycles. The number of imidazole rings is 1. The van der Waals surface area contributed by atoms with E-state index >= 15 is 0 Å². The highest BCUT2D eigenvalue weighted by molar-refractivity contribution is 5.94. The summed E-state index contributed by atoms with van der Waals surface area (Å²) in [4.78, 5) is 16.9. The molecule has 0 aliphatic rings. The molecule has 152 valence electrons. The number of nitrogens with one attached hydrogen (secondary N) is 1. The van der Waals surface area contributed by atoms with Crippen molar-refractivity contribution in [1.82, 2.24) is 14.7 Å². The molecule has 0 aliphatic carbocycles. The van der Waals surface area contributed by atoms with Crippen LogP contribution in [0, 0.1) is 6.92 Å². The molecule has 1 N–H and O–H groups in total. The Morgan fingerprint density at radius 2 is 1.83 bits per heavy atom. The van der Waals surface area contributed by atoms with Gasteiger partial charge in [-0.3, -0.25) is 4.79 Å². The zero-order chi connectivity index (χ0) is 20.8. The summed E-state index contributed by atoms with van der Waals surface area (Å²) >= 11 is 0. The summed E-state index contributed by atoms with van der Waals surface area (Å²) in [5, 5.41) is 2.87. The van der Waals surface area contributed by atoms with E-state index in [4.69, 9.17) is 9.47 Å². The van der Waals surface area contributed by atoms with E-state index in [2.05, 4.69) is 10.3 Å². The van der Waals surface area contributed by atoms with Gasteiger partial charge in [-0.05, 0) is 55.0 Å². The number of benzene rings is 2. The number of fused-ring (bicyclic) bond motifs is 1. The number of hydrogen-bond acceptors (Lipinski definition) is 4. The van der Waals surface area contributed by atoms with Gasteiger partial charge in [0.25, 0.3) is 5.91 Å². The second kappa shape index (κ2) is 9.13. The van der Waals surface area contributed by atoms with E-state index in [1.54, 1.807) is 18.2 Å². The Balaban J connectivity index is 1.28. The Kier molecular flexibility index (Phi) is 5.94. The average molecular weight is 401 g/mol. The first-order valence-corrected chi connectivity index (χ1v) is 9.80. The van der Waals surface area contributed by atoms with Crippen molar-refractivity contribution in [2.75, 3.05) is 13.2 Å². The molecule has 0 radical (unpaired) electrons. The van der Waals surface area contributed by atoms with Gasteiger partial charge < -0.3 is 19.2 Å². The van der Waals surface area contributed by atoms with Crippen LogP contribution in [0.5, 0.6) is 11.5 Å². The predicted octanol–water partition coefficient (Wildman–Crippen LogP) is 4.03. The van der Waals surface area contributed by atoms with Gasteiger partial charge in [0.2, 0.25) is 0 Å². The van der Waals surface area contributed by atoms with Gasteiger partial charge in [-0.2, -0.15) is 0 Å². The zero-order valence-electron chi connectivity index (χ0n) is 16.7. The summed E-state index contributed by atoms with van der Waals surface area (Å²) in [6.45, 7) is 3.16. The van der Waals surface area contributed by atoms with Gasteiger partial charge >= 0.3 is 0 Å². The molecule has 0 saturated carbocycles. The predicted molar refractivity (Wildman–Crippen MR) is 115 cm³/mol. The molecule has 0 saturated heterocycles. The van der Waals surface area contributed by atoms with Crippen LogP contribution in [0.1, 0.15) is 21.6 Å². The SMILES string of the molecule is Cc1cccc(OCCNC(=O)c2cccc(OCc3cn4ccccc4n3)c2)c1. The van der Waals surface area contributed by atoms with Crippen LogP contribution in [-0.4, -0.2) is 28.4 Å². The maximum Gasteiger partial charge on any atom is 0.251 e. The van der Waals surface area contributed by atoms with E-state index in [9.17, 15) is 4.79 Å². The molecule has 0 unspecified atom stereocenters. The highest BCUT2D eigenvalue weighted by Gasteiger charge is 2.08. The minimum atomic E-state index is -0.166. The topological polar surface area (TPSA) is 64.9 Å². The van der Waals surface area contributed by atoms with Crippen molar-refractivity contribution < 1.29 is 14.3 Å². The van der Waals surface area contributed by atoms with Crippen molar-refractivity contribution in [3.63, 3.8) is 0 Å². The van der Waals surface area contributed by atoms with Crippen molar-refractivity contribution >= 4 is 11.6 Å². The van der Waals surface area contributed by atoms with Crippen molar-refractivity contribution in [3.8, 4) is 11.5 Å². The van der Waals surface area contributed by atoms with Crippen LogP contribution in [-0.2, 0) is 6.61 Å². The molecule has 0 fully saturated rings. The average Bonchev–Trinajstić information content (AvgIpc) is 3.18. The van der Waals surface area contributed by atoms with Crippen molar-refractivity contribution in [3.05, 3.63) is 95.9 Å². The van der Waals surface area contributed by atoms with Gasteiger partial charge in [0.1, 0.15) is 30.4 Å². The zero-order valence-corrected chi connectivity index (χ0v) is 16.7. The first-order chi connectivity index (χ1) is 14.7. The summed E-state index contributed by atoms with van der Waals surface area (Å²) in [7, 11) is 0. The van der Waals surface area contributed by atoms with E-state index < -0.39 is 0 Å². The molecule has 0 bridgehead atoms. The normalized spacial score (nSPS) is 10.7. The fourth-order valence-corrected chi connectivity index (χ4v) is 3.08. The third kappa shape index (κ3) is 4.97. The van der Waals surface area contributed by atoms with Crippen LogP contribution in [0.4, 0.5) is 0 Å². The van der Waals surface area contributed by atoms with E-state index in [1.165, 1.54) is 0 Å². The van der Waals surface area contributed by atoms with E-state index in [-0.39, 0.29) is 5.91 Å². The number of nitrogens with zero attached hydrogens (tertiary/aromatic N) is 2. The van der Waals surface area contributed by atoms with Crippen molar-refractivity contribution in [2.45, 2.75) is 13.5 Å². The second-order valence-corrected chi connectivity index (χ2v) is 6.94. The summed E-state index contributed by atoms with van der Waals surface area (Å²) < 4.78 is 13.4. The van der Waals surface area contributed by atoms with Crippen LogP contribution >= 0.6 is 0 Å². The number of pyridine rings is 1. The molecular formula is C24H23N3O3. The molecule has 2 aromatic heterocycles. The Morgan fingerprint density at radius 3 is 2.67 bits per heavy atom. The summed E-state index contributed by atoms with van der Waals surface area (Å²) in [6.07, 6.45) is 3.87. The van der Waals surface area contributed by atoms with E-state index in [1.807, 2.05) is 72.2 Å². The molecule has 0 spiro atoms. The number of carbonyl (C=O) groups is 1. The number of aryl methyl sites for hydroxylation is 1. The van der Waals surface area contributed by atoms with Gasteiger partial charge in [-0.1, -0.05) is 24.3 Å². The number of aromatic nitrogens is 2. The van der Waals surface area contributed by atoms with Gasteiger partial charge in [-0.25, -0.2) is 4.98 Å². The highest BCUT2D eigenvalue weighted by Crippen LogP contribution is 2.16. The lowest BCUT2D eigenvalue weighted by Gasteiger charge is -2.09. The molecule has 6 nitrogen and oxygen atoms in total. The largest absolute Gasteiger partial charge is 0.492 e. The summed E-state index contributed by atoms with van der Waals surface area (Å²) in [5.41, 5.74) is 3.37. The van der Waals surface area contributed by atoms with Gasteiger partial charge in [0.05, 0.1) is 12.2 Å². The number of ether oxygens (including phenoxy) is 2. The second-order valence-electron chi connectivity index (χ2n) is 6.94. The third-order valence-corrected chi connectivity index (χ3v) is 4.54. The molecule has 2 aromatic carbocycles. The molecule has 0 atom stereocenters. The Bertz CT molecular complexity index is 1120. The molecule has 1 amide bonds. The van der Waals surface area contributed by atoms with Crippen LogP contribution in [0.25, 0.3) is 5.65 Å². The van der Waals surface area contributed by atoms with Gasteiger partial charge in [0.15, 0.2) is 0 Å². The van der Waals surface area contributed by atoms with Gasteiger partial charge in [-0.15, -0.1) is 0 Å². The standard InChI is InChI=1S/C24H23N3O3/c1-18-6-4-8-21(14-18)29-13-11-25-24(28)19-7-5-9-22(15-19)30-17-20-16-27-12-3-2-10-23(27)26-20/h2-10,12,14-16H,11,13,17H2,1H3,(H,25,28). The highest BCUT2D eigenvalue weighted by atomic mass is 16.5. The lowest BCUT2D eigenvalue weighted by Crippen LogP contribution is -2.28. The lowest BCUT2D eigenvalue weighted by molar-refractivity contribution is 0.0946. The number of amides is 1. The fourth-order valence-electron chi connectivity index (χ4n) is 3.08. The number of hydrogen-bond donors (Lipinski definition) is 1. The molecular weight excluding hydrogens is 378 g/mol. The summed E-state index contributed by atoms with van der Waals surface area (Å²) in [6, 6.07) is 20.8. The fraction of sp³-hybridized carbons (Fsp3) is 0.167. The molecule has 6 heteroatoms. The summed E-state index contributed by atoms with van der Waals surface area (Å²) in [5.74, 6) is 1.25. The molecule has 0 aliphatic heterocycles. The van der Waals surface area contributed by atoms with E-state index in [0.717, 1.165) is 22.7 Å². The third-order valence-electron chi connectivity index (χ3n) is 4.54. The first-order valence-electron chi connectivity index (χ1n) is 9.80. The quantitative estimate of drug-likeness (QED) is 0.453. The minimum absolute atomic E-state index is 0.166. The van der Waals surface area contributed by atoms with Gasteiger partial charge in [0, 0.05) is 18.0 Å². The van der Waals surface area contributed by atoms with Crippen LogP contribution in [0.2, 0.25) is 0 Å². The van der Waals surface area contributed by atoms with Crippen LogP contribution < -0.4 is 14.8 Å². The van der Waals surface area contributed by atoms with E-state index in [0.29, 0.717) is 31.1 Å². The smallest absolute Gasteiger partial charge is 0.251 e. The Labute approximate surface area is 175 Å². The Hall–Kier alpha value is -3.80. The molecule has 4 rings (SSSR count). The maximum absolute atomic E-state index is 12.4. The first kappa shape index (κ1) is 19.5.